The molecule has 0 spiro atoms. The lowest BCUT2D eigenvalue weighted by atomic mass is 10.2. The van der Waals surface area contributed by atoms with Crippen molar-refractivity contribution in [1.82, 2.24) is 0 Å². The number of halogens is 2. The first-order valence-corrected chi connectivity index (χ1v) is 10.7. The van der Waals surface area contributed by atoms with Gasteiger partial charge in [0.2, 0.25) is 0 Å². The van der Waals surface area contributed by atoms with E-state index in [1.54, 1.807) is 12.1 Å². The molecule has 0 amide bonds. The number of hydrogen-bond donors (Lipinski definition) is 1. The van der Waals surface area contributed by atoms with Gasteiger partial charge in [-0.2, -0.15) is 0 Å². The van der Waals surface area contributed by atoms with Crippen molar-refractivity contribution in [2.75, 3.05) is 11.9 Å². The summed E-state index contributed by atoms with van der Waals surface area (Å²) in [5.74, 6) is 1.31. The molecule has 0 saturated heterocycles. The van der Waals surface area contributed by atoms with Crippen molar-refractivity contribution in [3.05, 3.63) is 90.5 Å². The zero-order valence-corrected chi connectivity index (χ0v) is 19.1. The molecule has 0 unspecified atom stereocenters. The summed E-state index contributed by atoms with van der Waals surface area (Å²) < 4.78 is 12.7. The highest BCUT2D eigenvalue weighted by molar-refractivity contribution is 14.1. The lowest BCUT2D eigenvalue weighted by Gasteiger charge is -2.16. The number of nitrogens with zero attached hydrogens (tertiary/aromatic N) is 1. The van der Waals surface area contributed by atoms with E-state index in [-0.39, 0.29) is 5.69 Å². The molecule has 0 aliphatic rings. The van der Waals surface area contributed by atoms with E-state index in [9.17, 15) is 10.1 Å². The van der Waals surface area contributed by atoms with Crippen molar-refractivity contribution < 1.29 is 14.4 Å². The number of nitro benzene ring substituents is 1. The van der Waals surface area contributed by atoms with E-state index < -0.39 is 4.92 Å². The quantitative estimate of drug-likeness (QED) is 0.193. The fourth-order valence-corrected chi connectivity index (χ4v) is 3.84. The van der Waals surface area contributed by atoms with E-state index in [1.165, 1.54) is 12.1 Å². The van der Waals surface area contributed by atoms with Crippen molar-refractivity contribution >= 4 is 45.6 Å². The van der Waals surface area contributed by atoms with Gasteiger partial charge in [0.05, 0.1) is 15.1 Å². The second-order valence-electron chi connectivity index (χ2n) is 6.38. The van der Waals surface area contributed by atoms with Gasteiger partial charge in [-0.3, -0.25) is 10.1 Å². The van der Waals surface area contributed by atoms with Crippen LogP contribution < -0.4 is 14.8 Å². The lowest BCUT2D eigenvalue weighted by Crippen LogP contribution is -2.05. The van der Waals surface area contributed by atoms with Gasteiger partial charge >= 0.3 is 0 Å². The molecule has 3 rings (SSSR count). The molecule has 0 heterocycles. The first-order valence-electron chi connectivity index (χ1n) is 9.27. The predicted molar refractivity (Wildman–Crippen MR) is 127 cm³/mol. The third kappa shape index (κ3) is 5.76. The summed E-state index contributed by atoms with van der Waals surface area (Å²) in [6, 6.07) is 17.9. The Labute approximate surface area is 193 Å². The highest BCUT2D eigenvalue weighted by atomic mass is 127. The van der Waals surface area contributed by atoms with Gasteiger partial charge < -0.3 is 14.8 Å². The minimum atomic E-state index is -0.410. The van der Waals surface area contributed by atoms with E-state index in [2.05, 4.69) is 27.9 Å². The van der Waals surface area contributed by atoms with Gasteiger partial charge in [0.15, 0.2) is 11.5 Å². The molecule has 0 radical (unpaired) electrons. The predicted octanol–water partition coefficient (Wildman–Crippen LogP) is 6.44. The normalized spacial score (nSPS) is 10.5. The number of hydrogen-bond acceptors (Lipinski definition) is 5. The topological polar surface area (TPSA) is 73.6 Å². The average molecular weight is 539 g/mol. The second kappa shape index (κ2) is 10.5. The lowest BCUT2D eigenvalue weighted by molar-refractivity contribution is -0.384. The molecule has 0 saturated carbocycles. The molecule has 3 aromatic rings. The van der Waals surface area contributed by atoms with E-state index in [0.717, 1.165) is 14.7 Å². The molecular formula is C22H20ClIN2O4. The van der Waals surface area contributed by atoms with Crippen LogP contribution in [-0.4, -0.2) is 11.5 Å². The SMILES string of the molecule is CCOc1cc(CNc2cccc([N+](=O)[O-])c2)cc(I)c1OCc1ccccc1Cl. The molecule has 6 nitrogen and oxygen atoms in total. The molecule has 0 aromatic heterocycles. The van der Waals surface area contributed by atoms with Gasteiger partial charge in [0, 0.05) is 35.0 Å². The maximum Gasteiger partial charge on any atom is 0.271 e. The summed E-state index contributed by atoms with van der Waals surface area (Å²) in [7, 11) is 0. The average Bonchev–Trinajstić information content (AvgIpc) is 2.73. The third-order valence-electron chi connectivity index (χ3n) is 4.25. The fourth-order valence-electron chi connectivity index (χ4n) is 2.83. The monoisotopic (exact) mass is 538 g/mol. The Morgan fingerprint density at radius 3 is 2.63 bits per heavy atom. The van der Waals surface area contributed by atoms with Crippen LogP contribution in [0.25, 0.3) is 0 Å². The summed E-state index contributed by atoms with van der Waals surface area (Å²) in [6.45, 7) is 3.24. The van der Waals surface area contributed by atoms with Crippen molar-refractivity contribution in [3.63, 3.8) is 0 Å². The van der Waals surface area contributed by atoms with Crippen molar-refractivity contribution in [2.24, 2.45) is 0 Å². The summed E-state index contributed by atoms with van der Waals surface area (Å²) in [5.41, 5.74) is 2.59. The minimum Gasteiger partial charge on any atom is -0.490 e. The highest BCUT2D eigenvalue weighted by Gasteiger charge is 2.14. The maximum absolute atomic E-state index is 10.9. The molecule has 3 aromatic carbocycles. The Bertz CT molecular complexity index is 1050. The minimum absolute atomic E-state index is 0.0490. The van der Waals surface area contributed by atoms with Gasteiger partial charge in [-0.15, -0.1) is 0 Å². The molecule has 30 heavy (non-hydrogen) atoms. The number of non-ortho nitro benzene ring substituents is 1. The van der Waals surface area contributed by atoms with Gasteiger partial charge in [-0.25, -0.2) is 0 Å². The fraction of sp³-hybridized carbons (Fsp3) is 0.182. The van der Waals surface area contributed by atoms with Crippen LogP contribution in [0.4, 0.5) is 11.4 Å². The third-order valence-corrected chi connectivity index (χ3v) is 5.42. The first-order chi connectivity index (χ1) is 14.5. The van der Waals surface area contributed by atoms with Crippen LogP contribution in [-0.2, 0) is 13.2 Å². The molecule has 0 atom stereocenters. The summed E-state index contributed by atoms with van der Waals surface area (Å²) in [6.07, 6.45) is 0. The number of ether oxygens (including phenoxy) is 2. The Kier molecular flexibility index (Phi) is 7.75. The van der Waals surface area contributed by atoms with E-state index in [4.69, 9.17) is 21.1 Å². The Hall–Kier alpha value is -2.52. The van der Waals surface area contributed by atoms with Gasteiger partial charge in [-0.05, 0) is 59.3 Å². The van der Waals surface area contributed by atoms with Crippen LogP contribution >= 0.6 is 34.2 Å². The van der Waals surface area contributed by atoms with Crippen LogP contribution in [0, 0.1) is 13.7 Å². The van der Waals surface area contributed by atoms with E-state index in [1.807, 2.05) is 43.3 Å². The largest absolute Gasteiger partial charge is 0.490 e. The molecule has 156 valence electrons. The molecule has 0 fully saturated rings. The summed E-state index contributed by atoms with van der Waals surface area (Å²) in [5, 5.41) is 14.8. The van der Waals surface area contributed by atoms with Crippen molar-refractivity contribution in [3.8, 4) is 11.5 Å². The smallest absolute Gasteiger partial charge is 0.271 e. The van der Waals surface area contributed by atoms with Crippen LogP contribution in [0.5, 0.6) is 11.5 Å². The molecule has 0 aliphatic carbocycles. The second-order valence-corrected chi connectivity index (χ2v) is 7.95. The van der Waals surface area contributed by atoms with Crippen molar-refractivity contribution in [2.45, 2.75) is 20.1 Å². The van der Waals surface area contributed by atoms with E-state index >= 15 is 0 Å². The van der Waals surface area contributed by atoms with Crippen LogP contribution in [0.15, 0.2) is 60.7 Å². The zero-order chi connectivity index (χ0) is 21.5. The number of rotatable bonds is 9. The molecular weight excluding hydrogens is 519 g/mol. The van der Waals surface area contributed by atoms with Gasteiger partial charge in [0.25, 0.3) is 5.69 Å². The number of anilines is 1. The number of nitrogens with one attached hydrogen (secondary N) is 1. The Morgan fingerprint density at radius 1 is 1.10 bits per heavy atom. The Morgan fingerprint density at radius 2 is 1.90 bits per heavy atom. The van der Waals surface area contributed by atoms with E-state index in [0.29, 0.717) is 42.0 Å². The molecule has 8 heteroatoms. The van der Waals surface area contributed by atoms with Gasteiger partial charge in [0.1, 0.15) is 6.61 Å². The summed E-state index contributed by atoms with van der Waals surface area (Å²) in [4.78, 5) is 10.5. The molecule has 0 bridgehead atoms. The highest BCUT2D eigenvalue weighted by Crippen LogP contribution is 2.35. The number of nitro groups is 1. The van der Waals surface area contributed by atoms with Crippen LogP contribution in [0.3, 0.4) is 0 Å². The van der Waals surface area contributed by atoms with Crippen LogP contribution in [0.2, 0.25) is 5.02 Å². The Balaban J connectivity index is 1.76. The van der Waals surface area contributed by atoms with Crippen molar-refractivity contribution in [1.29, 1.82) is 0 Å². The summed E-state index contributed by atoms with van der Waals surface area (Å²) >= 11 is 8.44. The first kappa shape index (κ1) is 22.2. The van der Waals surface area contributed by atoms with Crippen LogP contribution in [0.1, 0.15) is 18.1 Å². The maximum atomic E-state index is 10.9. The molecule has 0 aliphatic heterocycles. The molecule has 1 N–H and O–H groups in total. The standard InChI is InChI=1S/C22H20ClIN2O4/c1-2-29-21-11-15(13-25-17-7-5-8-18(12-17)26(27)28)10-20(24)22(21)30-14-16-6-3-4-9-19(16)23/h3-12,25H,2,13-14H2,1H3. The zero-order valence-electron chi connectivity index (χ0n) is 16.2. The number of benzene rings is 3. The van der Waals surface area contributed by atoms with Gasteiger partial charge in [-0.1, -0.05) is 35.9 Å².